The molecule has 0 saturated carbocycles. The number of hydrogen-bond donors (Lipinski definition) is 2. The van der Waals surface area contributed by atoms with E-state index in [0.717, 1.165) is 64.3 Å². The molecule has 25 heavy (non-hydrogen) atoms. The van der Waals surface area contributed by atoms with Crippen molar-refractivity contribution in [2.24, 2.45) is 5.92 Å². The van der Waals surface area contributed by atoms with Gasteiger partial charge in [0.25, 0.3) is 0 Å². The lowest BCUT2D eigenvalue weighted by molar-refractivity contribution is -0.125. The predicted molar refractivity (Wildman–Crippen MR) is 102 cm³/mol. The van der Waals surface area contributed by atoms with Crippen molar-refractivity contribution in [3.8, 4) is 0 Å². The van der Waals surface area contributed by atoms with Gasteiger partial charge in [0.15, 0.2) is 0 Å². The SMILES string of the molecule is CCN(CC)CCCNC(=O)C1CCN(c2cc(Cl)nc(N)n2)CC1. The maximum Gasteiger partial charge on any atom is 0.223 e. The number of anilines is 2. The second-order valence-corrected chi connectivity index (χ2v) is 6.73. The Morgan fingerprint density at radius 1 is 1.36 bits per heavy atom. The van der Waals surface area contributed by atoms with Crippen molar-refractivity contribution in [3.05, 3.63) is 11.2 Å². The molecule has 3 N–H and O–H groups in total. The predicted octanol–water partition coefficient (Wildman–Crippen LogP) is 1.78. The smallest absolute Gasteiger partial charge is 0.223 e. The van der Waals surface area contributed by atoms with Gasteiger partial charge in [-0.1, -0.05) is 25.4 Å². The maximum atomic E-state index is 12.3. The lowest BCUT2D eigenvalue weighted by Crippen LogP contribution is -2.41. The highest BCUT2D eigenvalue weighted by molar-refractivity contribution is 6.29. The summed E-state index contributed by atoms with van der Waals surface area (Å²) >= 11 is 5.94. The molecule has 1 fully saturated rings. The van der Waals surface area contributed by atoms with Crippen LogP contribution in [0.1, 0.15) is 33.1 Å². The van der Waals surface area contributed by atoms with Crippen LogP contribution in [0.5, 0.6) is 0 Å². The molecule has 0 radical (unpaired) electrons. The zero-order chi connectivity index (χ0) is 18.2. The number of hydrogen-bond acceptors (Lipinski definition) is 6. The molecule has 1 aliphatic heterocycles. The number of aromatic nitrogens is 2. The first-order valence-corrected chi connectivity index (χ1v) is 9.46. The van der Waals surface area contributed by atoms with Crippen LogP contribution in [0, 0.1) is 5.92 Å². The highest BCUT2D eigenvalue weighted by atomic mass is 35.5. The number of halogens is 1. The summed E-state index contributed by atoms with van der Waals surface area (Å²) in [6.45, 7) is 9.74. The molecule has 140 valence electrons. The second kappa shape index (κ2) is 9.77. The van der Waals surface area contributed by atoms with E-state index in [9.17, 15) is 4.79 Å². The summed E-state index contributed by atoms with van der Waals surface area (Å²) in [7, 11) is 0. The Balaban J connectivity index is 1.73. The number of nitrogens with two attached hydrogens (primary N) is 1. The number of nitrogens with zero attached hydrogens (tertiary/aromatic N) is 4. The molecule has 1 saturated heterocycles. The van der Waals surface area contributed by atoms with E-state index in [4.69, 9.17) is 17.3 Å². The first kappa shape index (κ1) is 19.7. The van der Waals surface area contributed by atoms with Crippen LogP contribution >= 0.6 is 11.6 Å². The Labute approximate surface area is 154 Å². The maximum absolute atomic E-state index is 12.3. The van der Waals surface area contributed by atoms with Crippen molar-refractivity contribution in [3.63, 3.8) is 0 Å². The van der Waals surface area contributed by atoms with Crippen LogP contribution in [0.25, 0.3) is 0 Å². The third kappa shape index (κ3) is 6.01. The van der Waals surface area contributed by atoms with Crippen molar-refractivity contribution in [1.82, 2.24) is 20.2 Å². The van der Waals surface area contributed by atoms with Gasteiger partial charge >= 0.3 is 0 Å². The van der Waals surface area contributed by atoms with Gasteiger partial charge in [-0.3, -0.25) is 4.79 Å². The molecule has 1 aromatic rings. The minimum Gasteiger partial charge on any atom is -0.368 e. The zero-order valence-corrected chi connectivity index (χ0v) is 15.9. The molecule has 0 bridgehead atoms. The highest BCUT2D eigenvalue weighted by Gasteiger charge is 2.25. The van der Waals surface area contributed by atoms with Crippen LogP contribution in [0.4, 0.5) is 11.8 Å². The van der Waals surface area contributed by atoms with Crippen LogP contribution in [0.2, 0.25) is 5.15 Å². The first-order chi connectivity index (χ1) is 12.0. The summed E-state index contributed by atoms with van der Waals surface area (Å²) < 4.78 is 0. The van der Waals surface area contributed by atoms with Gasteiger partial charge in [-0.2, -0.15) is 4.98 Å². The fourth-order valence-electron chi connectivity index (χ4n) is 3.15. The Bertz CT molecular complexity index is 538. The summed E-state index contributed by atoms with van der Waals surface area (Å²) in [5.41, 5.74) is 5.65. The average Bonchev–Trinajstić information content (AvgIpc) is 2.61. The minimum atomic E-state index is 0.0689. The van der Waals surface area contributed by atoms with E-state index < -0.39 is 0 Å². The molecule has 7 nitrogen and oxygen atoms in total. The van der Waals surface area contributed by atoms with Gasteiger partial charge in [0.2, 0.25) is 11.9 Å². The third-order valence-electron chi connectivity index (χ3n) is 4.73. The molecule has 2 heterocycles. The van der Waals surface area contributed by atoms with Crippen LogP contribution in [-0.2, 0) is 4.79 Å². The monoisotopic (exact) mass is 368 g/mol. The number of nitrogen functional groups attached to an aromatic ring is 1. The molecular formula is C17H29ClN6O. The average molecular weight is 369 g/mol. The molecule has 8 heteroatoms. The standard InChI is InChI=1S/C17H29ClN6O/c1-3-23(4-2)9-5-8-20-16(25)13-6-10-24(11-7-13)15-12-14(18)21-17(19)22-15/h12-13H,3-11H2,1-2H3,(H,20,25)(H2,19,21,22). The molecule has 0 unspecified atom stereocenters. The van der Waals surface area contributed by atoms with E-state index in [1.54, 1.807) is 6.07 Å². The van der Waals surface area contributed by atoms with Crippen molar-refractivity contribution >= 4 is 29.3 Å². The first-order valence-electron chi connectivity index (χ1n) is 9.08. The fraction of sp³-hybridized carbons (Fsp3) is 0.706. The quantitative estimate of drug-likeness (QED) is 0.537. The number of rotatable bonds is 8. The molecular weight excluding hydrogens is 340 g/mol. The Morgan fingerprint density at radius 3 is 2.64 bits per heavy atom. The van der Waals surface area contributed by atoms with Gasteiger partial charge in [0.1, 0.15) is 11.0 Å². The number of nitrogens with one attached hydrogen (secondary N) is 1. The third-order valence-corrected chi connectivity index (χ3v) is 4.93. The number of carbonyl (C=O) groups is 1. The second-order valence-electron chi connectivity index (χ2n) is 6.34. The van der Waals surface area contributed by atoms with E-state index in [-0.39, 0.29) is 17.8 Å². The van der Waals surface area contributed by atoms with Crippen molar-refractivity contribution in [2.75, 3.05) is 49.9 Å². The minimum absolute atomic E-state index is 0.0689. The normalized spacial score (nSPS) is 15.6. The Hall–Kier alpha value is -1.60. The number of piperidine rings is 1. The molecule has 1 aliphatic rings. The van der Waals surface area contributed by atoms with E-state index in [0.29, 0.717) is 5.15 Å². The molecule has 1 amide bonds. The summed E-state index contributed by atoms with van der Waals surface area (Å²) in [6.07, 6.45) is 2.61. The van der Waals surface area contributed by atoms with E-state index in [2.05, 4.69) is 38.9 Å². The largest absolute Gasteiger partial charge is 0.368 e. The van der Waals surface area contributed by atoms with Crippen LogP contribution in [0.15, 0.2) is 6.07 Å². The lowest BCUT2D eigenvalue weighted by Gasteiger charge is -2.32. The van der Waals surface area contributed by atoms with Gasteiger partial charge in [-0.15, -0.1) is 0 Å². The number of amides is 1. The number of carbonyl (C=O) groups excluding carboxylic acids is 1. The molecule has 2 rings (SSSR count). The molecule has 0 atom stereocenters. The summed E-state index contributed by atoms with van der Waals surface area (Å²) in [5, 5.41) is 3.42. The van der Waals surface area contributed by atoms with Gasteiger partial charge in [-0.25, -0.2) is 4.98 Å². The van der Waals surface area contributed by atoms with Crippen LogP contribution in [-0.4, -0.2) is 60.0 Å². The van der Waals surface area contributed by atoms with Crippen LogP contribution in [0.3, 0.4) is 0 Å². The van der Waals surface area contributed by atoms with E-state index >= 15 is 0 Å². The van der Waals surface area contributed by atoms with Crippen molar-refractivity contribution in [2.45, 2.75) is 33.1 Å². The molecule has 0 aliphatic carbocycles. The van der Waals surface area contributed by atoms with E-state index in [1.807, 2.05) is 0 Å². The Kier molecular flexibility index (Phi) is 7.71. The fourth-order valence-corrected chi connectivity index (χ4v) is 3.34. The molecule has 0 spiro atoms. The summed E-state index contributed by atoms with van der Waals surface area (Å²) in [5.74, 6) is 1.14. The summed E-state index contributed by atoms with van der Waals surface area (Å²) in [4.78, 5) is 24.9. The Morgan fingerprint density at radius 2 is 2.04 bits per heavy atom. The van der Waals surface area contributed by atoms with Crippen molar-refractivity contribution in [1.29, 1.82) is 0 Å². The van der Waals surface area contributed by atoms with Gasteiger partial charge in [0.05, 0.1) is 0 Å². The van der Waals surface area contributed by atoms with Gasteiger partial charge < -0.3 is 20.9 Å². The van der Waals surface area contributed by atoms with E-state index in [1.165, 1.54) is 0 Å². The molecule has 1 aromatic heterocycles. The van der Waals surface area contributed by atoms with Crippen molar-refractivity contribution < 1.29 is 4.79 Å². The topological polar surface area (TPSA) is 87.4 Å². The summed E-state index contributed by atoms with van der Waals surface area (Å²) in [6, 6.07) is 1.71. The van der Waals surface area contributed by atoms with Gasteiger partial charge in [0, 0.05) is 31.6 Å². The molecule has 0 aromatic carbocycles. The van der Waals surface area contributed by atoms with Gasteiger partial charge in [-0.05, 0) is 38.9 Å². The highest BCUT2D eigenvalue weighted by Crippen LogP contribution is 2.24. The lowest BCUT2D eigenvalue weighted by atomic mass is 9.96. The van der Waals surface area contributed by atoms with Crippen LogP contribution < -0.4 is 16.0 Å². The zero-order valence-electron chi connectivity index (χ0n) is 15.2.